The smallest absolute Gasteiger partial charge is 0.207 e. The molecular weight excluding hydrogens is 276 g/mol. The van der Waals surface area contributed by atoms with E-state index in [-0.39, 0.29) is 9.67 Å². The summed E-state index contributed by atoms with van der Waals surface area (Å²) in [4.78, 5) is 0. The number of aromatic hydroxyl groups is 1. The molecule has 11 heavy (non-hydrogen) atoms. The van der Waals surface area contributed by atoms with Crippen molar-refractivity contribution in [1.82, 2.24) is 0 Å². The maximum absolute atomic E-state index is 9.19. The van der Waals surface area contributed by atoms with E-state index in [0.29, 0.717) is 5.75 Å². The molecule has 60 valence electrons. The minimum atomic E-state index is -0.275. The molecule has 0 heterocycles. The van der Waals surface area contributed by atoms with E-state index in [4.69, 9.17) is 4.74 Å². The first-order chi connectivity index (χ1) is 5.20. The normalized spacial score (nSPS) is 10.1. The molecule has 0 aliphatic rings. The Morgan fingerprint density at radius 2 is 1.91 bits per heavy atom. The standard InChI is InChI=1S/C7H6Br2O2/c8-7(9)11-6-4-2-1-3-5(6)10/h1-4,7,10H. The number of para-hydroxylation sites is 2. The van der Waals surface area contributed by atoms with Crippen molar-refractivity contribution in [3.63, 3.8) is 0 Å². The van der Waals surface area contributed by atoms with Crippen LogP contribution in [0.3, 0.4) is 0 Å². The van der Waals surface area contributed by atoms with Gasteiger partial charge in [0.15, 0.2) is 11.5 Å². The number of ether oxygens (including phenoxy) is 1. The Bertz CT molecular complexity index is 238. The van der Waals surface area contributed by atoms with E-state index in [1.165, 1.54) is 0 Å². The predicted octanol–water partition coefficient (Wildman–Crippen LogP) is 2.84. The molecule has 1 aromatic rings. The minimum absolute atomic E-state index is 0.136. The van der Waals surface area contributed by atoms with Crippen LogP contribution in [-0.4, -0.2) is 9.03 Å². The number of hydrogen-bond acceptors (Lipinski definition) is 2. The Morgan fingerprint density at radius 1 is 1.27 bits per heavy atom. The first-order valence-corrected chi connectivity index (χ1v) is 4.76. The average Bonchev–Trinajstić information content (AvgIpc) is 1.93. The second-order valence-electron chi connectivity index (χ2n) is 1.85. The zero-order valence-corrected chi connectivity index (χ0v) is 8.67. The van der Waals surface area contributed by atoms with Gasteiger partial charge in [-0.15, -0.1) is 0 Å². The van der Waals surface area contributed by atoms with Crippen molar-refractivity contribution in [3.8, 4) is 11.5 Å². The first kappa shape index (κ1) is 8.87. The topological polar surface area (TPSA) is 29.5 Å². The van der Waals surface area contributed by atoms with Crippen molar-refractivity contribution in [2.75, 3.05) is 0 Å². The Labute approximate surface area is 81.4 Å². The van der Waals surface area contributed by atoms with E-state index in [2.05, 4.69) is 31.9 Å². The van der Waals surface area contributed by atoms with E-state index in [1.54, 1.807) is 24.3 Å². The van der Waals surface area contributed by atoms with Gasteiger partial charge in [0.05, 0.1) is 0 Å². The van der Waals surface area contributed by atoms with Crippen molar-refractivity contribution >= 4 is 31.9 Å². The van der Waals surface area contributed by atoms with E-state index in [0.717, 1.165) is 0 Å². The number of benzene rings is 1. The third-order valence-corrected chi connectivity index (χ3v) is 1.46. The molecule has 4 heteroatoms. The Balaban J connectivity index is 2.78. The third-order valence-electron chi connectivity index (χ3n) is 1.08. The van der Waals surface area contributed by atoms with Crippen LogP contribution in [0.1, 0.15) is 0 Å². The van der Waals surface area contributed by atoms with Gasteiger partial charge in [0.2, 0.25) is 3.92 Å². The molecule has 0 unspecified atom stereocenters. The molecule has 0 saturated carbocycles. The molecule has 0 aromatic heterocycles. The molecule has 0 atom stereocenters. The Morgan fingerprint density at radius 3 is 2.45 bits per heavy atom. The van der Waals surface area contributed by atoms with Crippen LogP contribution < -0.4 is 4.74 Å². The van der Waals surface area contributed by atoms with Gasteiger partial charge in [-0.05, 0) is 44.0 Å². The number of phenols is 1. The van der Waals surface area contributed by atoms with Gasteiger partial charge in [-0.25, -0.2) is 0 Å². The number of alkyl halides is 2. The zero-order chi connectivity index (χ0) is 8.27. The highest BCUT2D eigenvalue weighted by molar-refractivity contribution is 9.24. The molecule has 0 aliphatic carbocycles. The van der Waals surface area contributed by atoms with Gasteiger partial charge < -0.3 is 9.84 Å². The largest absolute Gasteiger partial charge is 0.504 e. The van der Waals surface area contributed by atoms with E-state index in [1.807, 2.05) is 0 Å². The molecule has 1 rings (SSSR count). The summed E-state index contributed by atoms with van der Waals surface area (Å²) in [7, 11) is 0. The molecule has 0 spiro atoms. The second kappa shape index (κ2) is 3.97. The fourth-order valence-electron chi connectivity index (χ4n) is 0.653. The molecule has 0 aliphatic heterocycles. The van der Waals surface area contributed by atoms with Crippen LogP contribution in [-0.2, 0) is 0 Å². The lowest BCUT2D eigenvalue weighted by Gasteiger charge is -2.07. The molecule has 0 saturated heterocycles. The van der Waals surface area contributed by atoms with Crippen molar-refractivity contribution in [1.29, 1.82) is 0 Å². The van der Waals surface area contributed by atoms with E-state index < -0.39 is 0 Å². The minimum Gasteiger partial charge on any atom is -0.504 e. The van der Waals surface area contributed by atoms with Crippen molar-refractivity contribution < 1.29 is 9.84 Å². The maximum Gasteiger partial charge on any atom is 0.207 e. The maximum atomic E-state index is 9.19. The number of halogens is 2. The van der Waals surface area contributed by atoms with Crippen LogP contribution >= 0.6 is 31.9 Å². The van der Waals surface area contributed by atoms with Crippen LogP contribution in [0, 0.1) is 0 Å². The first-order valence-electron chi connectivity index (χ1n) is 2.93. The van der Waals surface area contributed by atoms with Crippen LogP contribution in [0.4, 0.5) is 0 Å². The lowest BCUT2D eigenvalue weighted by molar-refractivity contribution is 0.346. The summed E-state index contributed by atoms with van der Waals surface area (Å²) in [6, 6.07) is 6.78. The fraction of sp³-hybridized carbons (Fsp3) is 0.143. The van der Waals surface area contributed by atoms with Gasteiger partial charge in [0.1, 0.15) is 0 Å². The average molecular weight is 282 g/mol. The Kier molecular flexibility index (Phi) is 3.20. The fourth-order valence-corrected chi connectivity index (χ4v) is 1.06. The number of rotatable bonds is 2. The summed E-state index contributed by atoms with van der Waals surface area (Å²) in [5.41, 5.74) is 0. The van der Waals surface area contributed by atoms with Crippen molar-refractivity contribution in [2.45, 2.75) is 3.92 Å². The van der Waals surface area contributed by atoms with E-state index in [9.17, 15) is 5.11 Å². The highest BCUT2D eigenvalue weighted by Crippen LogP contribution is 2.27. The van der Waals surface area contributed by atoms with Crippen molar-refractivity contribution in [2.24, 2.45) is 0 Å². The lowest BCUT2D eigenvalue weighted by Crippen LogP contribution is -1.97. The molecule has 0 fully saturated rings. The van der Waals surface area contributed by atoms with Crippen LogP contribution in [0.5, 0.6) is 11.5 Å². The summed E-state index contributed by atoms with van der Waals surface area (Å²) >= 11 is 6.26. The summed E-state index contributed by atoms with van der Waals surface area (Å²) in [6.45, 7) is 0. The zero-order valence-electron chi connectivity index (χ0n) is 5.50. The van der Waals surface area contributed by atoms with Gasteiger partial charge in [-0.2, -0.15) is 0 Å². The predicted molar refractivity (Wildman–Crippen MR) is 50.4 cm³/mol. The molecule has 0 radical (unpaired) electrons. The van der Waals surface area contributed by atoms with Crippen LogP contribution in [0.2, 0.25) is 0 Å². The summed E-state index contributed by atoms with van der Waals surface area (Å²) in [6.07, 6.45) is 0. The van der Waals surface area contributed by atoms with Gasteiger partial charge in [0.25, 0.3) is 0 Å². The SMILES string of the molecule is Oc1ccccc1OC(Br)Br. The number of hydrogen-bond donors (Lipinski definition) is 1. The molecular formula is C7H6Br2O2. The summed E-state index contributed by atoms with van der Waals surface area (Å²) in [5.74, 6) is 0.586. The van der Waals surface area contributed by atoms with Gasteiger partial charge >= 0.3 is 0 Å². The van der Waals surface area contributed by atoms with Gasteiger partial charge in [-0.3, -0.25) is 0 Å². The highest BCUT2D eigenvalue weighted by Gasteiger charge is 2.03. The summed E-state index contributed by atoms with van der Waals surface area (Å²) < 4.78 is 4.85. The number of phenolic OH excluding ortho intramolecular Hbond substituents is 1. The van der Waals surface area contributed by atoms with E-state index >= 15 is 0 Å². The molecule has 1 N–H and O–H groups in total. The molecule has 0 amide bonds. The van der Waals surface area contributed by atoms with Crippen molar-refractivity contribution in [3.05, 3.63) is 24.3 Å². The molecule has 1 aromatic carbocycles. The Hall–Kier alpha value is -0.220. The third kappa shape index (κ3) is 2.71. The summed E-state index contributed by atoms with van der Waals surface area (Å²) in [5, 5.41) is 9.19. The monoisotopic (exact) mass is 280 g/mol. The highest BCUT2D eigenvalue weighted by atomic mass is 79.9. The van der Waals surface area contributed by atoms with Gasteiger partial charge in [-0.1, -0.05) is 12.1 Å². The van der Waals surface area contributed by atoms with Crippen LogP contribution in [0.15, 0.2) is 24.3 Å². The second-order valence-corrected chi connectivity index (χ2v) is 4.74. The quantitative estimate of drug-likeness (QED) is 0.845. The molecule has 2 nitrogen and oxygen atoms in total. The van der Waals surface area contributed by atoms with Crippen LogP contribution in [0.25, 0.3) is 0 Å². The van der Waals surface area contributed by atoms with Gasteiger partial charge in [0, 0.05) is 0 Å². The molecule has 0 bridgehead atoms. The lowest BCUT2D eigenvalue weighted by atomic mass is 10.3.